The number of carbonyl (C=O) groups is 5. The Morgan fingerprint density at radius 3 is 1.59 bits per heavy atom. The van der Waals surface area contributed by atoms with E-state index in [1.54, 1.807) is 12.1 Å². The van der Waals surface area contributed by atoms with Crippen LogP contribution in [0.3, 0.4) is 0 Å². The van der Waals surface area contributed by atoms with Crippen molar-refractivity contribution >= 4 is 76.9 Å². The molecular formula is C33H50O14S4. The lowest BCUT2D eigenvalue weighted by Gasteiger charge is -2.31. The van der Waals surface area contributed by atoms with Crippen LogP contribution in [0.5, 0.6) is 11.5 Å². The van der Waals surface area contributed by atoms with Crippen molar-refractivity contribution in [2.45, 2.75) is 43.4 Å². The van der Waals surface area contributed by atoms with Crippen LogP contribution in [0.15, 0.2) is 23.1 Å². The largest absolute Gasteiger partial charge is 0.504 e. The van der Waals surface area contributed by atoms with Crippen LogP contribution in [0, 0.1) is 5.41 Å². The summed E-state index contributed by atoms with van der Waals surface area (Å²) in [4.78, 5) is 62.6. The lowest BCUT2D eigenvalue weighted by molar-refractivity contribution is -0.170. The number of phenolic OH excluding ortho intramolecular Hbond substituents is 2. The Balaban J connectivity index is 2.80. The fourth-order valence-electron chi connectivity index (χ4n) is 3.68. The zero-order valence-electron chi connectivity index (χ0n) is 29.1. The minimum Gasteiger partial charge on any atom is -0.504 e. The molecule has 0 radical (unpaired) electrons. The van der Waals surface area contributed by atoms with Crippen molar-refractivity contribution < 1.29 is 67.7 Å². The third kappa shape index (κ3) is 22.9. The molecule has 0 saturated carbocycles. The van der Waals surface area contributed by atoms with Gasteiger partial charge in [0.05, 0.1) is 43.6 Å². The standard InChI is InChI=1S/C33H50O14S4/c1-48-16-7-28(37)44-21-33(22-45-29(38)8-17-49-2,24-47-31(40)11-20-51-26-6-3-5-25(35)32(26)41)23-46-30(39)10-19-50-18-9-27(36)43-15-14-42-13-4-12-34/h3,5-6,34-35,41H,4,7-24H2,1-2H3. The second-order valence-corrected chi connectivity index (χ2v) is 15.2. The van der Waals surface area contributed by atoms with Crippen molar-refractivity contribution in [2.75, 3.05) is 94.1 Å². The van der Waals surface area contributed by atoms with E-state index in [-0.39, 0.29) is 89.0 Å². The number of thioether (sulfide) groups is 4. The van der Waals surface area contributed by atoms with Crippen molar-refractivity contribution in [3.63, 3.8) is 0 Å². The molecule has 0 atom stereocenters. The quantitative estimate of drug-likeness (QED) is 0.0334. The van der Waals surface area contributed by atoms with Crippen molar-refractivity contribution in [3.05, 3.63) is 18.2 Å². The van der Waals surface area contributed by atoms with Gasteiger partial charge in [0, 0.05) is 42.0 Å². The molecule has 1 aromatic carbocycles. The molecule has 18 heteroatoms. The van der Waals surface area contributed by atoms with Crippen LogP contribution in [-0.4, -0.2) is 139 Å². The molecular weight excluding hydrogens is 749 g/mol. The minimum atomic E-state index is -1.40. The summed E-state index contributed by atoms with van der Waals surface area (Å²) in [6, 6.07) is 4.49. The lowest BCUT2D eigenvalue weighted by Crippen LogP contribution is -2.44. The third-order valence-electron chi connectivity index (χ3n) is 6.56. The summed E-state index contributed by atoms with van der Waals surface area (Å²) < 4.78 is 32.3. The smallest absolute Gasteiger partial charge is 0.306 e. The van der Waals surface area contributed by atoms with Crippen molar-refractivity contribution in [3.8, 4) is 11.5 Å². The van der Waals surface area contributed by atoms with E-state index in [4.69, 9.17) is 33.5 Å². The van der Waals surface area contributed by atoms with Crippen molar-refractivity contribution in [2.24, 2.45) is 5.41 Å². The highest BCUT2D eigenvalue weighted by Crippen LogP contribution is 2.35. The van der Waals surface area contributed by atoms with E-state index in [1.165, 1.54) is 41.4 Å². The summed E-state index contributed by atoms with van der Waals surface area (Å²) in [6.07, 6.45) is 4.48. The Hall–Kier alpha value is -2.51. The maximum atomic E-state index is 12.8. The summed E-state index contributed by atoms with van der Waals surface area (Å²) in [5, 5.41) is 28.4. The number of para-hydroxylation sites is 1. The van der Waals surface area contributed by atoms with Gasteiger partial charge in [0.25, 0.3) is 0 Å². The number of benzene rings is 1. The predicted molar refractivity (Wildman–Crippen MR) is 197 cm³/mol. The van der Waals surface area contributed by atoms with Gasteiger partial charge in [-0.2, -0.15) is 35.3 Å². The van der Waals surface area contributed by atoms with Crippen LogP contribution in [0.2, 0.25) is 0 Å². The van der Waals surface area contributed by atoms with Crippen LogP contribution in [0.4, 0.5) is 0 Å². The van der Waals surface area contributed by atoms with Gasteiger partial charge in [-0.1, -0.05) is 6.07 Å². The highest BCUT2D eigenvalue weighted by Gasteiger charge is 2.38. The average Bonchev–Trinajstić information content (AvgIpc) is 3.12. The topological polar surface area (TPSA) is 201 Å². The van der Waals surface area contributed by atoms with E-state index in [9.17, 15) is 34.2 Å². The second-order valence-electron chi connectivity index (χ2n) is 10.9. The Bertz CT molecular complexity index is 1160. The molecule has 0 saturated heterocycles. The highest BCUT2D eigenvalue weighted by atomic mass is 32.2. The van der Waals surface area contributed by atoms with Gasteiger partial charge >= 0.3 is 29.8 Å². The number of hydrogen-bond donors (Lipinski definition) is 3. The van der Waals surface area contributed by atoms with Gasteiger partial charge in [-0.25, -0.2) is 0 Å². The molecule has 0 aliphatic rings. The Kier molecular flexibility index (Phi) is 26.4. The minimum absolute atomic E-state index is 0.00555. The molecule has 0 unspecified atom stereocenters. The second kappa shape index (κ2) is 29.0. The average molecular weight is 799 g/mol. The van der Waals surface area contributed by atoms with E-state index in [0.29, 0.717) is 40.9 Å². The summed E-state index contributed by atoms with van der Waals surface area (Å²) in [7, 11) is 0. The molecule has 0 aliphatic heterocycles. The number of aliphatic hydroxyl groups is 1. The number of aromatic hydroxyl groups is 2. The summed E-state index contributed by atoms with van der Waals surface area (Å²) in [5.41, 5.74) is -1.40. The summed E-state index contributed by atoms with van der Waals surface area (Å²) in [5.74, 6) is -1.25. The SMILES string of the molecule is CSCCC(=O)OCC(COC(=O)CCSC)(COC(=O)CCSCCC(=O)OCCOCCCO)COC(=O)CCSc1cccc(O)c1O. The number of ether oxygens (including phenoxy) is 6. The van der Waals surface area contributed by atoms with E-state index in [1.807, 2.05) is 12.5 Å². The third-order valence-corrected chi connectivity index (χ3v) is 9.82. The molecule has 0 aromatic heterocycles. The van der Waals surface area contributed by atoms with Crippen molar-refractivity contribution in [1.82, 2.24) is 0 Å². The number of hydrogen-bond acceptors (Lipinski definition) is 18. The monoisotopic (exact) mass is 798 g/mol. The maximum Gasteiger partial charge on any atom is 0.306 e. The van der Waals surface area contributed by atoms with E-state index >= 15 is 0 Å². The molecule has 51 heavy (non-hydrogen) atoms. The van der Waals surface area contributed by atoms with Gasteiger partial charge in [0.15, 0.2) is 11.5 Å². The zero-order chi connectivity index (χ0) is 37.7. The first kappa shape index (κ1) is 46.5. The molecule has 0 aliphatic carbocycles. The van der Waals surface area contributed by atoms with Gasteiger partial charge in [-0.05, 0) is 31.1 Å². The highest BCUT2D eigenvalue weighted by molar-refractivity contribution is 7.99. The zero-order valence-corrected chi connectivity index (χ0v) is 32.4. The van der Waals surface area contributed by atoms with Crippen LogP contribution in [0.25, 0.3) is 0 Å². The molecule has 0 bridgehead atoms. The van der Waals surface area contributed by atoms with E-state index < -0.39 is 41.9 Å². The fraction of sp³-hybridized carbons (Fsp3) is 0.667. The molecule has 0 amide bonds. The summed E-state index contributed by atoms with van der Waals surface area (Å²) in [6.45, 7) is -0.722. The molecule has 3 N–H and O–H groups in total. The number of phenols is 2. The molecule has 0 heterocycles. The van der Waals surface area contributed by atoms with Gasteiger partial charge in [0.2, 0.25) is 0 Å². The lowest BCUT2D eigenvalue weighted by atomic mass is 9.92. The maximum absolute atomic E-state index is 12.8. The number of aliphatic hydroxyl groups excluding tert-OH is 1. The van der Waals surface area contributed by atoms with Gasteiger partial charge in [-0.3, -0.25) is 24.0 Å². The number of esters is 5. The molecule has 0 spiro atoms. The van der Waals surface area contributed by atoms with Gasteiger partial charge in [0.1, 0.15) is 38.4 Å². The van der Waals surface area contributed by atoms with E-state index in [0.717, 1.165) is 11.8 Å². The van der Waals surface area contributed by atoms with Crippen LogP contribution in [-0.2, 0) is 52.4 Å². The van der Waals surface area contributed by atoms with Crippen LogP contribution < -0.4 is 0 Å². The van der Waals surface area contributed by atoms with Crippen LogP contribution in [0.1, 0.15) is 38.5 Å². The Morgan fingerprint density at radius 1 is 0.627 bits per heavy atom. The van der Waals surface area contributed by atoms with Gasteiger partial charge < -0.3 is 43.7 Å². The van der Waals surface area contributed by atoms with Crippen molar-refractivity contribution in [1.29, 1.82) is 0 Å². The fourth-order valence-corrected chi connectivity index (χ4v) is 6.16. The Labute approximate surface area is 316 Å². The molecule has 1 aromatic rings. The first-order chi connectivity index (χ1) is 24.6. The molecule has 14 nitrogen and oxygen atoms in total. The first-order valence-corrected chi connectivity index (χ1v) is 21.1. The normalized spacial score (nSPS) is 11.1. The first-order valence-electron chi connectivity index (χ1n) is 16.2. The number of rotatable bonds is 30. The predicted octanol–water partition coefficient (Wildman–Crippen LogP) is 3.70. The molecule has 0 fully saturated rings. The summed E-state index contributed by atoms with van der Waals surface area (Å²) >= 11 is 5.41. The van der Waals surface area contributed by atoms with E-state index in [2.05, 4.69) is 0 Å². The molecule has 1 rings (SSSR count). The molecule has 290 valence electrons. The van der Waals surface area contributed by atoms with Crippen LogP contribution >= 0.6 is 47.0 Å². The number of carbonyl (C=O) groups excluding carboxylic acids is 5. The Morgan fingerprint density at radius 2 is 1.10 bits per heavy atom. The van der Waals surface area contributed by atoms with Gasteiger partial charge in [-0.15, -0.1) is 11.8 Å².